The van der Waals surface area contributed by atoms with Crippen LogP contribution in [0.4, 0.5) is 4.79 Å². The number of H-pyrrole nitrogens is 1. The Morgan fingerprint density at radius 3 is 2.36 bits per heavy atom. The first-order chi connectivity index (χ1) is 17.4. The molecule has 0 unspecified atom stereocenters. The van der Waals surface area contributed by atoms with Gasteiger partial charge in [-0.2, -0.15) is 0 Å². The van der Waals surface area contributed by atoms with E-state index in [9.17, 15) is 13.2 Å². The highest BCUT2D eigenvalue weighted by Gasteiger charge is 2.24. The molecule has 1 aliphatic heterocycles. The van der Waals surface area contributed by atoms with E-state index in [0.717, 1.165) is 55.8 Å². The minimum absolute atomic E-state index is 0.303. The first-order valence-corrected chi connectivity index (χ1v) is 13.5. The second-order valence-electron chi connectivity index (χ2n) is 9.02. The number of hydrogen-bond acceptors (Lipinski definition) is 6. The van der Waals surface area contributed by atoms with Gasteiger partial charge in [-0.25, -0.2) is 18.2 Å². The van der Waals surface area contributed by atoms with E-state index >= 15 is 0 Å². The largest absolute Gasteiger partial charge is 0.410 e. The second-order valence-corrected chi connectivity index (χ2v) is 11.0. The molecule has 9 heteroatoms. The van der Waals surface area contributed by atoms with Crippen molar-refractivity contribution in [2.75, 3.05) is 19.6 Å². The molecule has 0 aliphatic carbocycles. The van der Waals surface area contributed by atoms with Crippen LogP contribution in [0.5, 0.6) is 5.75 Å². The van der Waals surface area contributed by atoms with Gasteiger partial charge in [0, 0.05) is 12.5 Å². The molecule has 2 heterocycles. The van der Waals surface area contributed by atoms with E-state index in [2.05, 4.69) is 9.88 Å². The van der Waals surface area contributed by atoms with Crippen LogP contribution in [0.15, 0.2) is 82.6 Å². The number of carbonyl (C=O) groups is 1. The number of primary amides is 1. The van der Waals surface area contributed by atoms with Crippen LogP contribution in [0.25, 0.3) is 11.0 Å². The van der Waals surface area contributed by atoms with E-state index in [0.29, 0.717) is 27.0 Å². The number of aromatic amines is 1. The van der Waals surface area contributed by atoms with Crippen LogP contribution in [0.3, 0.4) is 0 Å². The number of likely N-dealkylation sites (tertiary alicyclic amines) is 1. The molecule has 36 heavy (non-hydrogen) atoms. The maximum absolute atomic E-state index is 12.8. The summed E-state index contributed by atoms with van der Waals surface area (Å²) < 4.78 is 30.6. The number of nitrogens with one attached hydrogen (secondary N) is 1. The van der Waals surface area contributed by atoms with Crippen molar-refractivity contribution in [3.05, 3.63) is 84.2 Å². The fourth-order valence-electron chi connectivity index (χ4n) is 4.70. The number of aromatic nitrogens is 2. The van der Waals surface area contributed by atoms with Crippen molar-refractivity contribution in [3.8, 4) is 5.75 Å². The molecule has 186 valence electrons. The van der Waals surface area contributed by atoms with E-state index in [1.807, 2.05) is 18.2 Å². The molecule has 1 aliphatic rings. The molecule has 3 N–H and O–H groups in total. The molecule has 3 aromatic carbocycles. The van der Waals surface area contributed by atoms with E-state index in [-0.39, 0.29) is 0 Å². The monoisotopic (exact) mass is 504 g/mol. The fourth-order valence-corrected chi connectivity index (χ4v) is 5.98. The maximum Gasteiger partial charge on any atom is 0.410 e. The molecule has 0 bridgehead atoms. The highest BCUT2D eigenvalue weighted by molar-refractivity contribution is 7.91. The molecule has 0 saturated carbocycles. The summed E-state index contributed by atoms with van der Waals surface area (Å²) in [5.41, 5.74) is 7.72. The third-order valence-corrected chi connectivity index (χ3v) is 8.47. The number of rotatable bonds is 7. The van der Waals surface area contributed by atoms with Gasteiger partial charge in [0.1, 0.15) is 11.3 Å². The Morgan fingerprint density at radius 2 is 1.67 bits per heavy atom. The highest BCUT2D eigenvalue weighted by Crippen LogP contribution is 2.31. The van der Waals surface area contributed by atoms with E-state index < -0.39 is 15.9 Å². The second kappa shape index (κ2) is 10.1. The van der Waals surface area contributed by atoms with Crippen LogP contribution in [0.2, 0.25) is 0 Å². The Kier molecular flexibility index (Phi) is 6.75. The molecule has 1 aromatic heterocycles. The van der Waals surface area contributed by atoms with Gasteiger partial charge in [0.2, 0.25) is 9.84 Å². The van der Waals surface area contributed by atoms with Crippen molar-refractivity contribution in [1.82, 2.24) is 14.9 Å². The minimum Gasteiger partial charge on any atom is -0.408 e. The van der Waals surface area contributed by atoms with Gasteiger partial charge in [-0.05, 0) is 74.3 Å². The highest BCUT2D eigenvalue weighted by atomic mass is 32.2. The average Bonchev–Trinajstić information content (AvgIpc) is 3.34. The lowest BCUT2D eigenvalue weighted by atomic mass is 9.96. The first kappa shape index (κ1) is 24.0. The normalized spacial score (nSPS) is 15.2. The molecular weight excluding hydrogens is 476 g/mol. The summed E-state index contributed by atoms with van der Waals surface area (Å²) in [5.74, 6) is 1.57. The van der Waals surface area contributed by atoms with Gasteiger partial charge >= 0.3 is 6.09 Å². The number of carbonyl (C=O) groups excluding carboxylic acids is 1. The maximum atomic E-state index is 12.8. The number of sulfone groups is 1. The van der Waals surface area contributed by atoms with Gasteiger partial charge < -0.3 is 20.4 Å². The zero-order valence-corrected chi connectivity index (χ0v) is 20.6. The summed E-state index contributed by atoms with van der Waals surface area (Å²) >= 11 is 0. The summed E-state index contributed by atoms with van der Waals surface area (Å²) in [4.78, 5) is 22.3. The Labute approximate surface area is 210 Å². The molecule has 1 fully saturated rings. The number of nitrogens with zero attached hydrogens (tertiary/aromatic N) is 2. The Bertz CT molecular complexity index is 1460. The summed E-state index contributed by atoms with van der Waals surface area (Å²) in [6.07, 6.45) is 1.95. The standard InChI is InChI=1S/C27H28N4O4S/c28-27(32)35-24-8-4-7-23-25(24)30-26(29-23)20-14-17-31(18-15-20)16-13-19-9-11-22(12-10-19)36(33,34)21-5-2-1-3-6-21/h1-12,20H,13-18H2,(H2,28,32)(H,29,30). The number of fused-ring (bicyclic) bond motifs is 1. The lowest BCUT2D eigenvalue weighted by Gasteiger charge is -2.31. The smallest absolute Gasteiger partial charge is 0.408 e. The SMILES string of the molecule is NC(=O)Oc1cccc2[nH]c(C3CCN(CCc4ccc(S(=O)(=O)c5ccccc5)cc4)CC3)nc12. The van der Waals surface area contributed by atoms with Crippen molar-refractivity contribution in [2.45, 2.75) is 35.0 Å². The van der Waals surface area contributed by atoms with E-state index in [1.54, 1.807) is 54.6 Å². The quantitative estimate of drug-likeness (QED) is 0.388. The number of ether oxygens (including phenoxy) is 1. The lowest BCUT2D eigenvalue weighted by Crippen LogP contribution is -2.34. The molecule has 1 saturated heterocycles. The Hall–Kier alpha value is -3.69. The zero-order chi connectivity index (χ0) is 25.1. The van der Waals surface area contributed by atoms with E-state index in [4.69, 9.17) is 15.5 Å². The predicted molar refractivity (Wildman–Crippen MR) is 137 cm³/mol. The summed E-state index contributed by atoms with van der Waals surface area (Å²) in [7, 11) is -3.49. The van der Waals surface area contributed by atoms with Gasteiger partial charge in [-0.15, -0.1) is 0 Å². The Morgan fingerprint density at radius 1 is 0.972 bits per heavy atom. The number of para-hydroxylation sites is 1. The van der Waals surface area contributed by atoms with Crippen LogP contribution in [0.1, 0.15) is 30.1 Å². The van der Waals surface area contributed by atoms with E-state index in [1.165, 1.54) is 0 Å². The van der Waals surface area contributed by atoms with Gasteiger partial charge in [0.15, 0.2) is 5.75 Å². The first-order valence-electron chi connectivity index (χ1n) is 12.0. The van der Waals surface area contributed by atoms with Crippen LogP contribution in [-0.4, -0.2) is 49.0 Å². The number of amides is 1. The zero-order valence-electron chi connectivity index (χ0n) is 19.8. The number of imidazole rings is 1. The number of nitrogens with two attached hydrogens (primary N) is 1. The van der Waals surface area contributed by atoms with Crippen molar-refractivity contribution in [3.63, 3.8) is 0 Å². The summed E-state index contributed by atoms with van der Waals surface area (Å²) in [5, 5.41) is 0. The molecule has 0 spiro atoms. The van der Waals surface area contributed by atoms with Crippen LogP contribution in [0, 0.1) is 0 Å². The predicted octanol–water partition coefficient (Wildman–Crippen LogP) is 4.28. The third-order valence-electron chi connectivity index (χ3n) is 6.68. The summed E-state index contributed by atoms with van der Waals surface area (Å²) in [6.45, 7) is 2.81. The van der Waals surface area contributed by atoms with Gasteiger partial charge in [0.05, 0.1) is 15.3 Å². The number of hydrogen-bond donors (Lipinski definition) is 2. The number of benzene rings is 3. The third kappa shape index (κ3) is 5.12. The van der Waals surface area contributed by atoms with Gasteiger partial charge in [-0.3, -0.25) is 0 Å². The molecule has 5 rings (SSSR count). The molecule has 0 atom stereocenters. The van der Waals surface area contributed by atoms with Gasteiger partial charge in [-0.1, -0.05) is 36.4 Å². The molecule has 1 amide bonds. The van der Waals surface area contributed by atoms with Crippen LogP contribution < -0.4 is 10.5 Å². The summed E-state index contributed by atoms with van der Waals surface area (Å²) in [6, 6.07) is 21.1. The van der Waals surface area contributed by atoms with Crippen molar-refractivity contribution < 1.29 is 17.9 Å². The topological polar surface area (TPSA) is 118 Å². The van der Waals surface area contributed by atoms with Crippen molar-refractivity contribution in [1.29, 1.82) is 0 Å². The Balaban J connectivity index is 1.16. The van der Waals surface area contributed by atoms with Crippen LogP contribution >= 0.6 is 0 Å². The van der Waals surface area contributed by atoms with Crippen molar-refractivity contribution >= 4 is 27.0 Å². The molecule has 4 aromatic rings. The molecule has 8 nitrogen and oxygen atoms in total. The number of piperidine rings is 1. The average molecular weight is 505 g/mol. The lowest BCUT2D eigenvalue weighted by molar-refractivity contribution is 0.211. The minimum atomic E-state index is -3.49. The van der Waals surface area contributed by atoms with Gasteiger partial charge in [0.25, 0.3) is 0 Å². The fraction of sp³-hybridized carbons (Fsp3) is 0.259. The van der Waals surface area contributed by atoms with Crippen LogP contribution in [-0.2, 0) is 16.3 Å². The molecule has 0 radical (unpaired) electrons. The molecular formula is C27H28N4O4S. The van der Waals surface area contributed by atoms with Crippen molar-refractivity contribution in [2.24, 2.45) is 5.73 Å².